The van der Waals surface area contributed by atoms with E-state index >= 15 is 0 Å². The van der Waals surface area contributed by atoms with Crippen LogP contribution in [-0.2, 0) is 0 Å². The molecule has 0 spiro atoms. The highest BCUT2D eigenvalue weighted by Crippen LogP contribution is 2.17. The summed E-state index contributed by atoms with van der Waals surface area (Å²) < 4.78 is 14.3. The summed E-state index contributed by atoms with van der Waals surface area (Å²) in [5.74, 6) is -1.31. The Hall–Kier alpha value is -3.46. The van der Waals surface area contributed by atoms with Gasteiger partial charge in [-0.1, -0.05) is 18.2 Å². The van der Waals surface area contributed by atoms with Gasteiger partial charge in [0, 0.05) is 5.69 Å². The van der Waals surface area contributed by atoms with Gasteiger partial charge in [-0.3, -0.25) is 15.6 Å². The van der Waals surface area contributed by atoms with Crippen molar-refractivity contribution in [3.63, 3.8) is 0 Å². The van der Waals surface area contributed by atoms with E-state index in [-0.39, 0.29) is 22.4 Å². The van der Waals surface area contributed by atoms with E-state index in [2.05, 4.69) is 21.3 Å². The zero-order valence-electron chi connectivity index (χ0n) is 13.3. The van der Waals surface area contributed by atoms with Crippen molar-refractivity contribution in [1.29, 1.82) is 0 Å². The third-order valence-electron chi connectivity index (χ3n) is 3.32. The van der Waals surface area contributed by atoms with Crippen molar-refractivity contribution >= 4 is 28.9 Å². The van der Waals surface area contributed by atoms with Gasteiger partial charge in [-0.2, -0.15) is 5.10 Å². The van der Waals surface area contributed by atoms with E-state index in [9.17, 15) is 14.3 Å². The van der Waals surface area contributed by atoms with Crippen molar-refractivity contribution in [3.05, 3.63) is 72.3 Å². The molecule has 1 amide bonds. The summed E-state index contributed by atoms with van der Waals surface area (Å²) in [7, 11) is 0. The fourth-order valence-electron chi connectivity index (χ4n) is 2.11. The Bertz CT molecular complexity index is 928. The van der Waals surface area contributed by atoms with Crippen LogP contribution in [0.15, 0.2) is 60.8 Å². The van der Waals surface area contributed by atoms with Crippen molar-refractivity contribution in [1.82, 2.24) is 20.6 Å². The number of nitrogens with one attached hydrogen (secondary N) is 3. The number of nitrogens with zero attached hydrogens (tertiary/aromatic N) is 2. The summed E-state index contributed by atoms with van der Waals surface area (Å²) in [4.78, 5) is 12.2. The maximum absolute atomic E-state index is 12.9. The molecular weight excluding hydrogens is 357 g/mol. The molecule has 4 N–H and O–H groups in total. The SMILES string of the molecule is O=C(NNC(=S)Nc1ccc(F)cc1)c1nn(-c2ccccc2)cc1O. The average Bonchev–Trinajstić information content (AvgIpc) is 3.04. The van der Waals surface area contributed by atoms with Gasteiger partial charge in [0.25, 0.3) is 5.91 Å². The number of hydrogen-bond acceptors (Lipinski definition) is 4. The number of halogens is 1. The van der Waals surface area contributed by atoms with Crippen LogP contribution in [0.4, 0.5) is 10.1 Å². The molecule has 0 aliphatic carbocycles. The molecule has 0 radical (unpaired) electrons. The Morgan fingerprint density at radius 2 is 1.77 bits per heavy atom. The van der Waals surface area contributed by atoms with E-state index in [1.165, 1.54) is 35.1 Å². The molecule has 0 atom stereocenters. The van der Waals surface area contributed by atoms with Crippen LogP contribution in [0.25, 0.3) is 5.69 Å². The zero-order chi connectivity index (χ0) is 18.5. The zero-order valence-corrected chi connectivity index (χ0v) is 14.1. The van der Waals surface area contributed by atoms with E-state index in [0.29, 0.717) is 11.4 Å². The molecule has 0 unspecified atom stereocenters. The van der Waals surface area contributed by atoms with Gasteiger partial charge >= 0.3 is 0 Å². The van der Waals surface area contributed by atoms with Crippen LogP contribution in [0.3, 0.4) is 0 Å². The standard InChI is InChI=1S/C17H14FN5O2S/c18-11-6-8-12(9-7-11)19-17(26)21-20-16(25)15-14(24)10-23(22-15)13-4-2-1-3-5-13/h1-10,24H,(H,20,25)(H2,19,21,26). The first-order valence-corrected chi connectivity index (χ1v) is 7.91. The van der Waals surface area contributed by atoms with Gasteiger partial charge in [0.2, 0.25) is 0 Å². The fourth-order valence-corrected chi connectivity index (χ4v) is 2.28. The van der Waals surface area contributed by atoms with Crippen molar-refractivity contribution in [2.24, 2.45) is 0 Å². The maximum atomic E-state index is 12.9. The Labute approximate surface area is 153 Å². The number of amides is 1. The molecule has 1 aromatic heterocycles. The highest BCUT2D eigenvalue weighted by atomic mass is 32.1. The Balaban J connectivity index is 1.60. The van der Waals surface area contributed by atoms with Crippen molar-refractivity contribution in [2.75, 3.05) is 5.32 Å². The first-order valence-electron chi connectivity index (χ1n) is 7.50. The number of hydrazine groups is 1. The summed E-state index contributed by atoms with van der Waals surface area (Å²) in [6.45, 7) is 0. The number of para-hydroxylation sites is 1. The summed E-state index contributed by atoms with van der Waals surface area (Å²) in [5, 5.41) is 16.9. The molecule has 0 saturated carbocycles. The molecule has 9 heteroatoms. The quantitative estimate of drug-likeness (QED) is 0.417. The molecule has 0 aliphatic heterocycles. The molecule has 132 valence electrons. The molecule has 0 fully saturated rings. The van der Waals surface area contributed by atoms with Crippen LogP contribution in [-0.4, -0.2) is 25.9 Å². The van der Waals surface area contributed by atoms with Gasteiger partial charge in [-0.15, -0.1) is 0 Å². The van der Waals surface area contributed by atoms with Crippen LogP contribution >= 0.6 is 12.2 Å². The Morgan fingerprint density at radius 3 is 2.46 bits per heavy atom. The number of carbonyl (C=O) groups is 1. The number of benzene rings is 2. The summed E-state index contributed by atoms with van der Waals surface area (Å²) in [6, 6.07) is 14.6. The largest absolute Gasteiger partial charge is 0.504 e. The molecule has 3 aromatic rings. The smallest absolute Gasteiger partial charge is 0.294 e. The second-order valence-electron chi connectivity index (χ2n) is 5.18. The monoisotopic (exact) mass is 371 g/mol. The predicted octanol–water partition coefficient (Wildman–Crippen LogP) is 2.35. The predicted molar refractivity (Wildman–Crippen MR) is 98.5 cm³/mol. The van der Waals surface area contributed by atoms with E-state index in [0.717, 1.165) is 0 Å². The lowest BCUT2D eigenvalue weighted by Crippen LogP contribution is -2.43. The molecule has 3 rings (SSSR count). The lowest BCUT2D eigenvalue weighted by molar-refractivity contribution is 0.0936. The lowest BCUT2D eigenvalue weighted by atomic mass is 10.3. The first kappa shape index (κ1) is 17.4. The average molecular weight is 371 g/mol. The molecule has 0 saturated heterocycles. The number of thiocarbonyl (C=S) groups is 1. The number of aromatic nitrogens is 2. The minimum Gasteiger partial charge on any atom is -0.504 e. The maximum Gasteiger partial charge on any atom is 0.294 e. The number of hydrogen-bond donors (Lipinski definition) is 4. The van der Waals surface area contributed by atoms with Crippen molar-refractivity contribution in [3.8, 4) is 11.4 Å². The molecular formula is C17H14FN5O2S. The van der Waals surface area contributed by atoms with Crippen LogP contribution in [0, 0.1) is 5.82 Å². The van der Waals surface area contributed by atoms with E-state index in [1.807, 2.05) is 18.2 Å². The Kier molecular flexibility index (Phi) is 5.09. The first-order chi connectivity index (χ1) is 12.5. The minimum atomic E-state index is -0.666. The van der Waals surface area contributed by atoms with Gasteiger partial charge < -0.3 is 10.4 Å². The van der Waals surface area contributed by atoms with Gasteiger partial charge in [0.15, 0.2) is 16.6 Å². The molecule has 7 nitrogen and oxygen atoms in total. The number of rotatable bonds is 3. The number of carbonyl (C=O) groups excluding carboxylic acids is 1. The molecule has 26 heavy (non-hydrogen) atoms. The van der Waals surface area contributed by atoms with Gasteiger partial charge in [0.05, 0.1) is 11.9 Å². The second kappa shape index (κ2) is 7.62. The third-order valence-corrected chi connectivity index (χ3v) is 3.53. The summed E-state index contributed by atoms with van der Waals surface area (Å²) >= 11 is 5.03. The van der Waals surface area contributed by atoms with E-state index in [4.69, 9.17) is 12.2 Å². The summed E-state index contributed by atoms with van der Waals surface area (Å²) in [6.07, 6.45) is 1.33. The lowest BCUT2D eigenvalue weighted by Gasteiger charge is -2.10. The van der Waals surface area contributed by atoms with Gasteiger partial charge in [0.1, 0.15) is 5.82 Å². The molecule has 1 heterocycles. The van der Waals surface area contributed by atoms with Crippen LogP contribution in [0.1, 0.15) is 10.5 Å². The third kappa shape index (κ3) is 4.14. The second-order valence-corrected chi connectivity index (χ2v) is 5.59. The van der Waals surface area contributed by atoms with Gasteiger partial charge in [-0.25, -0.2) is 9.07 Å². The topological polar surface area (TPSA) is 91.2 Å². The van der Waals surface area contributed by atoms with E-state index < -0.39 is 5.91 Å². The normalized spacial score (nSPS) is 10.2. The number of anilines is 1. The summed E-state index contributed by atoms with van der Waals surface area (Å²) in [5.41, 5.74) is 5.91. The van der Waals surface area contributed by atoms with Crippen LogP contribution < -0.4 is 16.2 Å². The fraction of sp³-hybridized carbons (Fsp3) is 0. The van der Waals surface area contributed by atoms with Crippen LogP contribution in [0.2, 0.25) is 0 Å². The minimum absolute atomic E-state index is 0.0898. The highest BCUT2D eigenvalue weighted by Gasteiger charge is 2.17. The number of aromatic hydroxyl groups is 1. The molecule has 0 aliphatic rings. The van der Waals surface area contributed by atoms with Crippen LogP contribution in [0.5, 0.6) is 5.75 Å². The van der Waals surface area contributed by atoms with Gasteiger partial charge in [-0.05, 0) is 48.6 Å². The molecule has 0 bridgehead atoms. The highest BCUT2D eigenvalue weighted by molar-refractivity contribution is 7.80. The Morgan fingerprint density at radius 1 is 1.08 bits per heavy atom. The molecule has 2 aromatic carbocycles. The van der Waals surface area contributed by atoms with E-state index in [1.54, 1.807) is 12.1 Å². The van der Waals surface area contributed by atoms with Crippen molar-refractivity contribution < 1.29 is 14.3 Å². The van der Waals surface area contributed by atoms with Crippen molar-refractivity contribution in [2.45, 2.75) is 0 Å².